The second-order valence-corrected chi connectivity index (χ2v) is 12.8. The summed E-state index contributed by atoms with van der Waals surface area (Å²) in [6.07, 6.45) is -2.45. The number of fused-ring (bicyclic) bond motifs is 1. The first-order valence-electron chi connectivity index (χ1n) is 16.7. The van der Waals surface area contributed by atoms with Crippen LogP contribution in [0.1, 0.15) is 61.5 Å². The van der Waals surface area contributed by atoms with Crippen LogP contribution in [-0.2, 0) is 17.5 Å². The normalized spacial score (nSPS) is 20.1. The van der Waals surface area contributed by atoms with E-state index in [4.69, 9.17) is 9.47 Å². The maximum Gasteiger partial charge on any atom is 0.416 e. The number of carbonyl (C=O) groups is 2. The molecule has 0 unspecified atom stereocenters. The van der Waals surface area contributed by atoms with E-state index in [-0.39, 0.29) is 47.6 Å². The molecule has 0 bridgehead atoms. The predicted molar refractivity (Wildman–Crippen MR) is 184 cm³/mol. The summed E-state index contributed by atoms with van der Waals surface area (Å²) in [7, 11) is 2.05. The molecule has 3 amide bonds. The van der Waals surface area contributed by atoms with E-state index in [9.17, 15) is 27.9 Å². The molecule has 0 fully saturated rings. The Morgan fingerprint density at radius 3 is 2.37 bits per heavy atom. The second kappa shape index (κ2) is 17.5. The number of benzene rings is 3. The van der Waals surface area contributed by atoms with Crippen molar-refractivity contribution in [1.29, 1.82) is 0 Å². The van der Waals surface area contributed by atoms with Gasteiger partial charge in [0.25, 0.3) is 5.91 Å². The molecular weight excluding hydrogens is 637 g/mol. The van der Waals surface area contributed by atoms with Gasteiger partial charge in [0.15, 0.2) is 0 Å². The van der Waals surface area contributed by atoms with Crippen molar-refractivity contribution in [3.05, 3.63) is 89.5 Å². The largest absolute Gasteiger partial charge is 0.490 e. The number of carbonyl (C=O) groups excluding carboxylic acids is 2. The summed E-state index contributed by atoms with van der Waals surface area (Å²) in [6.45, 7) is 7.74. The molecule has 3 N–H and O–H groups in total. The lowest BCUT2D eigenvalue weighted by atomic mass is 10.0. The van der Waals surface area contributed by atoms with E-state index >= 15 is 0 Å². The lowest BCUT2D eigenvalue weighted by Gasteiger charge is -2.36. The minimum absolute atomic E-state index is 0.0989. The summed E-state index contributed by atoms with van der Waals surface area (Å²) < 4.78 is 51.5. The van der Waals surface area contributed by atoms with Crippen LogP contribution in [0.3, 0.4) is 0 Å². The Morgan fingerprint density at radius 2 is 1.69 bits per heavy atom. The summed E-state index contributed by atoms with van der Waals surface area (Å²) >= 11 is 0. The molecule has 3 aromatic carbocycles. The summed E-state index contributed by atoms with van der Waals surface area (Å²) in [5, 5.41) is 15.4. The van der Waals surface area contributed by atoms with Crippen LogP contribution < -0.4 is 15.4 Å². The fourth-order valence-corrected chi connectivity index (χ4v) is 5.77. The third-order valence-corrected chi connectivity index (χ3v) is 8.57. The number of aliphatic hydroxyl groups excluding tert-OH is 1. The molecule has 0 spiro atoms. The van der Waals surface area contributed by atoms with Crippen LogP contribution in [0.15, 0.2) is 72.8 Å². The fourth-order valence-electron chi connectivity index (χ4n) is 5.77. The molecule has 0 saturated heterocycles. The highest BCUT2D eigenvalue weighted by Gasteiger charge is 2.31. The zero-order chi connectivity index (χ0) is 35.6. The van der Waals surface area contributed by atoms with Crippen LogP contribution in [0.2, 0.25) is 0 Å². The third kappa shape index (κ3) is 11.2. The number of aliphatic hydroxyl groups is 1. The molecule has 9 nitrogen and oxygen atoms in total. The summed E-state index contributed by atoms with van der Waals surface area (Å²) in [6, 6.07) is 17.8. The third-order valence-electron chi connectivity index (χ3n) is 8.57. The minimum atomic E-state index is -4.49. The number of ether oxygens (including phenoxy) is 2. The molecule has 1 aliphatic rings. The number of nitrogens with zero attached hydrogens (tertiary/aromatic N) is 2. The van der Waals surface area contributed by atoms with E-state index in [0.717, 1.165) is 50.1 Å². The Bertz CT molecular complexity index is 1510. The van der Waals surface area contributed by atoms with E-state index in [1.807, 2.05) is 39.1 Å². The Labute approximate surface area is 286 Å². The first kappa shape index (κ1) is 37.7. The van der Waals surface area contributed by atoms with Crippen molar-refractivity contribution in [2.75, 3.05) is 44.0 Å². The quantitative estimate of drug-likeness (QED) is 0.231. The van der Waals surface area contributed by atoms with Crippen LogP contribution in [-0.4, -0.2) is 78.4 Å². The summed E-state index contributed by atoms with van der Waals surface area (Å²) in [4.78, 5) is 31.0. The monoisotopic (exact) mass is 684 g/mol. The molecule has 0 aromatic heterocycles. The van der Waals surface area contributed by atoms with E-state index < -0.39 is 23.8 Å². The van der Waals surface area contributed by atoms with Gasteiger partial charge in [-0.3, -0.25) is 9.69 Å². The highest BCUT2D eigenvalue weighted by molar-refractivity contribution is 6.02. The van der Waals surface area contributed by atoms with Gasteiger partial charge in [-0.05, 0) is 88.2 Å². The van der Waals surface area contributed by atoms with Gasteiger partial charge in [0, 0.05) is 43.5 Å². The molecule has 1 aliphatic heterocycles. The molecule has 0 radical (unpaired) electrons. The van der Waals surface area contributed by atoms with Crippen molar-refractivity contribution in [1.82, 2.24) is 9.80 Å². The van der Waals surface area contributed by atoms with Gasteiger partial charge in [-0.25, -0.2) is 4.79 Å². The summed E-state index contributed by atoms with van der Waals surface area (Å²) in [5.74, 6) is -0.129. The van der Waals surface area contributed by atoms with Gasteiger partial charge < -0.3 is 30.1 Å². The standard InChI is InChI=1S/C37H47F3N4O5/c1-25-21-44(26(2)24-45)35(46)32-20-31(42-36(47)41-30-15-13-29(14-16-30)37(38,39)40)17-18-33(32)49-27(3)10-8-9-19-48-34(25)23-43(4)22-28-11-6-5-7-12-28/h5-7,11-18,20,25-27,34,45H,8-10,19,21-24H2,1-4H3,(H2,41,42,47)/t25-,26-,27-,34+/m1/s1. The molecule has 3 aromatic rings. The van der Waals surface area contributed by atoms with Crippen molar-refractivity contribution >= 4 is 23.3 Å². The van der Waals surface area contributed by atoms with Gasteiger partial charge in [0.05, 0.1) is 36.0 Å². The number of anilines is 2. The number of nitrogens with one attached hydrogen (secondary N) is 2. The second-order valence-electron chi connectivity index (χ2n) is 12.8. The smallest absolute Gasteiger partial charge is 0.416 e. The van der Waals surface area contributed by atoms with Crippen LogP contribution in [0.25, 0.3) is 0 Å². The van der Waals surface area contributed by atoms with Crippen molar-refractivity contribution in [2.45, 2.75) is 71.0 Å². The highest BCUT2D eigenvalue weighted by atomic mass is 19.4. The van der Waals surface area contributed by atoms with E-state index in [1.54, 1.807) is 24.0 Å². The van der Waals surface area contributed by atoms with Crippen LogP contribution in [0, 0.1) is 5.92 Å². The molecule has 4 atom stereocenters. The number of hydrogen-bond donors (Lipinski definition) is 3. The van der Waals surface area contributed by atoms with Gasteiger partial charge in [-0.15, -0.1) is 0 Å². The zero-order valence-electron chi connectivity index (χ0n) is 28.5. The van der Waals surface area contributed by atoms with E-state index in [2.05, 4.69) is 27.7 Å². The maximum absolute atomic E-state index is 14.3. The molecule has 0 aliphatic carbocycles. The number of alkyl halides is 3. The van der Waals surface area contributed by atoms with Crippen molar-refractivity contribution in [3.63, 3.8) is 0 Å². The number of urea groups is 1. The fraction of sp³-hybridized carbons (Fsp3) is 0.459. The predicted octanol–water partition coefficient (Wildman–Crippen LogP) is 7.28. The first-order valence-corrected chi connectivity index (χ1v) is 16.7. The number of amides is 3. The van der Waals surface area contributed by atoms with Crippen LogP contribution in [0.5, 0.6) is 5.75 Å². The molecule has 12 heteroatoms. The number of likely N-dealkylation sites (N-methyl/N-ethyl adjacent to an activating group) is 1. The molecule has 4 rings (SSSR count). The van der Waals surface area contributed by atoms with E-state index in [0.29, 0.717) is 25.4 Å². The molecule has 1 heterocycles. The Morgan fingerprint density at radius 1 is 1.02 bits per heavy atom. The highest BCUT2D eigenvalue weighted by Crippen LogP contribution is 2.31. The maximum atomic E-state index is 14.3. The zero-order valence-corrected chi connectivity index (χ0v) is 28.5. The number of halogens is 3. The van der Waals surface area contributed by atoms with Crippen LogP contribution >= 0.6 is 0 Å². The Hall–Kier alpha value is -4.13. The van der Waals surface area contributed by atoms with Gasteiger partial charge in [-0.2, -0.15) is 13.2 Å². The topological polar surface area (TPSA) is 103 Å². The van der Waals surface area contributed by atoms with Crippen molar-refractivity contribution in [3.8, 4) is 5.75 Å². The number of rotatable bonds is 8. The van der Waals surface area contributed by atoms with Gasteiger partial charge in [0.1, 0.15) is 5.75 Å². The summed E-state index contributed by atoms with van der Waals surface area (Å²) in [5.41, 5.74) is 1.02. The average Bonchev–Trinajstić information content (AvgIpc) is 3.06. The van der Waals surface area contributed by atoms with E-state index in [1.165, 1.54) is 11.6 Å². The molecule has 49 heavy (non-hydrogen) atoms. The van der Waals surface area contributed by atoms with Crippen LogP contribution in [0.4, 0.5) is 29.3 Å². The Balaban J connectivity index is 1.57. The molecule has 266 valence electrons. The van der Waals surface area contributed by atoms with Crippen molar-refractivity contribution < 1.29 is 37.3 Å². The molecular formula is C37H47F3N4O5. The minimum Gasteiger partial charge on any atom is -0.490 e. The SMILES string of the molecule is C[C@@H]1CCCCO[C@@H](CN(C)Cc2ccccc2)[C@H](C)CN([C@H](C)CO)C(=O)c2cc(NC(=O)Nc3ccc(C(F)(F)F)cc3)ccc2O1. The lowest BCUT2D eigenvalue weighted by Crippen LogP contribution is -2.47. The first-order chi connectivity index (χ1) is 23.3. The Kier molecular flexibility index (Phi) is 13.5. The number of hydrogen-bond acceptors (Lipinski definition) is 6. The van der Waals surface area contributed by atoms with Gasteiger partial charge in [0.2, 0.25) is 0 Å². The average molecular weight is 685 g/mol. The van der Waals surface area contributed by atoms with Gasteiger partial charge in [-0.1, -0.05) is 37.3 Å². The molecule has 0 saturated carbocycles. The van der Waals surface area contributed by atoms with Gasteiger partial charge >= 0.3 is 12.2 Å². The lowest BCUT2D eigenvalue weighted by molar-refractivity contribution is -0.137. The van der Waals surface area contributed by atoms with Crippen molar-refractivity contribution in [2.24, 2.45) is 5.92 Å².